The highest BCUT2D eigenvalue weighted by atomic mass is 31.2. The number of carbonyl (C=O) groups is 2. The van der Waals surface area contributed by atoms with Gasteiger partial charge >= 0.3 is 13.8 Å². The van der Waals surface area contributed by atoms with E-state index in [4.69, 9.17) is 13.8 Å². The molecule has 3 N–H and O–H groups in total. The maximum Gasteiger partial charge on any atom is 0.472 e. The summed E-state index contributed by atoms with van der Waals surface area (Å²) in [4.78, 5) is 33.9. The van der Waals surface area contributed by atoms with E-state index in [9.17, 15) is 24.2 Å². The van der Waals surface area contributed by atoms with Crippen LogP contribution in [0.15, 0.2) is 97.2 Å². The van der Waals surface area contributed by atoms with Gasteiger partial charge in [-0.2, -0.15) is 0 Å². The SMILES string of the molecule is CC/C=C\C/C=C\C/C=C\C/C=C\CCCCC(=O)NCCOP(=O)(O)OCC(O)COC(=O)CCCCCCC/C=C\C/C=C\C/C=C\C/C=C\CCCCC. The molecule has 0 spiro atoms. The summed E-state index contributed by atoms with van der Waals surface area (Å²) in [7, 11) is -4.44. The van der Waals surface area contributed by atoms with Gasteiger partial charge in [-0.15, -0.1) is 0 Å². The van der Waals surface area contributed by atoms with Gasteiger partial charge in [0.25, 0.3) is 0 Å². The Morgan fingerprint density at radius 3 is 1.53 bits per heavy atom. The van der Waals surface area contributed by atoms with Crippen molar-refractivity contribution in [3.8, 4) is 0 Å². The molecule has 57 heavy (non-hydrogen) atoms. The number of phosphoric ester groups is 1. The minimum Gasteiger partial charge on any atom is -0.463 e. The predicted octanol–water partition coefficient (Wildman–Crippen LogP) is 12.2. The Morgan fingerprint density at radius 2 is 1.00 bits per heavy atom. The minimum absolute atomic E-state index is 0.0508. The van der Waals surface area contributed by atoms with E-state index in [0.29, 0.717) is 12.8 Å². The normalized spacial score (nSPS) is 14.2. The molecular weight excluding hydrogens is 737 g/mol. The molecule has 0 aliphatic rings. The van der Waals surface area contributed by atoms with Crippen LogP contribution in [-0.2, 0) is 27.9 Å². The summed E-state index contributed by atoms with van der Waals surface area (Å²) in [6.45, 7) is 3.31. The Hall–Kier alpha value is -3.07. The molecule has 0 aliphatic carbocycles. The number of unbranched alkanes of at least 4 members (excludes halogenated alkanes) is 10. The lowest BCUT2D eigenvalue weighted by Crippen LogP contribution is -2.27. The summed E-state index contributed by atoms with van der Waals surface area (Å²) in [6.07, 6.45) is 54.8. The number of hydrogen-bond acceptors (Lipinski definition) is 7. The third kappa shape index (κ3) is 43.9. The number of esters is 1. The van der Waals surface area contributed by atoms with Gasteiger partial charge in [0.15, 0.2) is 0 Å². The number of amides is 1. The molecule has 9 nitrogen and oxygen atoms in total. The van der Waals surface area contributed by atoms with Crippen LogP contribution in [0.4, 0.5) is 0 Å². The molecule has 0 saturated heterocycles. The molecule has 0 saturated carbocycles. The molecule has 0 aromatic carbocycles. The Kier molecular flexibility index (Phi) is 40.2. The van der Waals surface area contributed by atoms with Gasteiger partial charge in [-0.05, 0) is 96.3 Å². The van der Waals surface area contributed by atoms with Crippen molar-refractivity contribution in [1.29, 1.82) is 0 Å². The Morgan fingerprint density at radius 1 is 0.561 bits per heavy atom. The number of hydrogen-bond donors (Lipinski definition) is 3. The summed E-state index contributed by atoms with van der Waals surface area (Å²) in [5.41, 5.74) is 0. The van der Waals surface area contributed by atoms with Gasteiger partial charge in [0, 0.05) is 19.4 Å². The molecule has 0 rings (SSSR count). The van der Waals surface area contributed by atoms with Gasteiger partial charge in [-0.1, -0.05) is 143 Å². The highest BCUT2D eigenvalue weighted by Crippen LogP contribution is 2.42. The maximum atomic E-state index is 12.1. The number of ether oxygens (including phenoxy) is 1. The molecule has 0 radical (unpaired) electrons. The van der Waals surface area contributed by atoms with Gasteiger partial charge in [0.1, 0.15) is 12.7 Å². The summed E-state index contributed by atoms with van der Waals surface area (Å²) in [5, 5.41) is 12.7. The largest absolute Gasteiger partial charge is 0.472 e. The van der Waals surface area contributed by atoms with Gasteiger partial charge in [-0.3, -0.25) is 18.6 Å². The average molecular weight is 816 g/mol. The van der Waals surface area contributed by atoms with E-state index >= 15 is 0 Å². The number of carbonyl (C=O) groups excluding carboxylic acids is 2. The van der Waals surface area contributed by atoms with Gasteiger partial charge in [-0.25, -0.2) is 4.57 Å². The Labute approximate surface area is 346 Å². The number of phosphoric acid groups is 1. The number of aliphatic hydroxyl groups excluding tert-OH is 1. The van der Waals surface area contributed by atoms with Crippen molar-refractivity contribution in [2.24, 2.45) is 0 Å². The lowest BCUT2D eigenvalue weighted by molar-refractivity contribution is -0.147. The first-order valence-corrected chi connectivity index (χ1v) is 23.2. The molecule has 0 fully saturated rings. The van der Waals surface area contributed by atoms with Crippen LogP contribution in [-0.4, -0.2) is 54.3 Å². The number of rotatable bonds is 39. The van der Waals surface area contributed by atoms with Crippen molar-refractivity contribution in [2.45, 2.75) is 161 Å². The maximum absolute atomic E-state index is 12.1. The van der Waals surface area contributed by atoms with E-state index in [0.717, 1.165) is 96.3 Å². The van der Waals surface area contributed by atoms with Crippen molar-refractivity contribution in [3.05, 3.63) is 97.2 Å². The van der Waals surface area contributed by atoms with Crippen molar-refractivity contribution in [1.82, 2.24) is 5.32 Å². The van der Waals surface area contributed by atoms with Crippen molar-refractivity contribution < 1.29 is 37.9 Å². The van der Waals surface area contributed by atoms with Crippen LogP contribution in [0, 0.1) is 0 Å². The second kappa shape index (κ2) is 42.5. The summed E-state index contributed by atoms with van der Waals surface area (Å²) >= 11 is 0. The zero-order chi connectivity index (χ0) is 41.8. The van der Waals surface area contributed by atoms with Crippen LogP contribution in [0.1, 0.15) is 155 Å². The zero-order valence-electron chi connectivity index (χ0n) is 35.5. The predicted molar refractivity (Wildman–Crippen MR) is 238 cm³/mol. The number of aliphatic hydroxyl groups is 1. The first-order chi connectivity index (χ1) is 27.8. The van der Waals surface area contributed by atoms with Crippen LogP contribution in [0.25, 0.3) is 0 Å². The van der Waals surface area contributed by atoms with Crippen LogP contribution in [0.2, 0.25) is 0 Å². The summed E-state index contributed by atoms with van der Waals surface area (Å²) in [5.74, 6) is -0.586. The molecule has 10 heteroatoms. The lowest BCUT2D eigenvalue weighted by Gasteiger charge is -2.15. The molecule has 324 valence electrons. The van der Waals surface area contributed by atoms with Crippen LogP contribution in [0.5, 0.6) is 0 Å². The van der Waals surface area contributed by atoms with Crippen molar-refractivity contribution >= 4 is 19.7 Å². The van der Waals surface area contributed by atoms with Crippen LogP contribution in [0.3, 0.4) is 0 Å². The van der Waals surface area contributed by atoms with E-state index < -0.39 is 26.5 Å². The second-order valence-corrected chi connectivity index (χ2v) is 15.4. The third-order valence-electron chi connectivity index (χ3n) is 8.50. The highest BCUT2D eigenvalue weighted by Gasteiger charge is 2.23. The van der Waals surface area contributed by atoms with E-state index in [-0.39, 0.29) is 32.1 Å². The molecular formula is C47H78NO8P. The molecule has 0 heterocycles. The standard InChI is InChI=1S/C47H78NO8P/c1-3-5-7-9-11-13-15-17-19-20-21-22-23-24-26-28-30-32-34-36-38-40-47(51)54-43-45(49)44-56-57(52,53)55-42-41-48-46(50)39-37-35-33-31-29-27-25-18-16-14-12-10-8-6-4-2/h6,8,11-14,17-19,21-22,24-26,29,31,45,49H,3-5,7,9-10,15-16,20,23,27-28,30,32-44H2,1-2H3,(H,48,50)(H,52,53)/b8-6-,13-11-,14-12-,19-17-,22-21-,25-18-,26-24-,31-29-. The molecule has 0 aromatic heterocycles. The van der Waals surface area contributed by atoms with E-state index in [2.05, 4.69) is 116 Å². The van der Waals surface area contributed by atoms with Gasteiger partial charge in [0.2, 0.25) is 5.91 Å². The molecule has 0 aromatic rings. The number of allylic oxidation sites excluding steroid dienone is 16. The Balaban J connectivity index is 3.72. The van der Waals surface area contributed by atoms with E-state index in [1.54, 1.807) is 0 Å². The quantitative estimate of drug-likeness (QED) is 0.0242. The first kappa shape index (κ1) is 53.9. The van der Waals surface area contributed by atoms with Crippen molar-refractivity contribution in [3.63, 3.8) is 0 Å². The second-order valence-electron chi connectivity index (χ2n) is 13.9. The van der Waals surface area contributed by atoms with E-state index in [1.807, 2.05) is 0 Å². The minimum atomic E-state index is -4.44. The molecule has 0 aliphatic heterocycles. The third-order valence-corrected chi connectivity index (χ3v) is 9.48. The van der Waals surface area contributed by atoms with Gasteiger partial charge in [0.05, 0.1) is 13.2 Å². The van der Waals surface area contributed by atoms with Crippen LogP contribution < -0.4 is 5.32 Å². The topological polar surface area (TPSA) is 131 Å². The fourth-order valence-corrected chi connectivity index (χ4v) is 5.99. The lowest BCUT2D eigenvalue weighted by atomic mass is 10.1. The molecule has 2 unspecified atom stereocenters. The fraction of sp³-hybridized carbons (Fsp3) is 0.617. The zero-order valence-corrected chi connectivity index (χ0v) is 36.4. The molecule has 1 amide bonds. The van der Waals surface area contributed by atoms with E-state index in [1.165, 1.54) is 25.7 Å². The smallest absolute Gasteiger partial charge is 0.463 e. The van der Waals surface area contributed by atoms with Crippen LogP contribution >= 0.6 is 7.82 Å². The number of nitrogens with one attached hydrogen (secondary N) is 1. The highest BCUT2D eigenvalue weighted by molar-refractivity contribution is 7.47. The monoisotopic (exact) mass is 816 g/mol. The molecule has 0 bridgehead atoms. The fourth-order valence-electron chi connectivity index (χ4n) is 5.23. The summed E-state index contributed by atoms with van der Waals surface area (Å²) in [6, 6.07) is 0. The van der Waals surface area contributed by atoms with Crippen molar-refractivity contribution in [2.75, 3.05) is 26.4 Å². The average Bonchev–Trinajstić information content (AvgIpc) is 3.20. The Bertz CT molecular complexity index is 1250. The van der Waals surface area contributed by atoms with Gasteiger partial charge < -0.3 is 20.1 Å². The summed E-state index contributed by atoms with van der Waals surface area (Å²) < 4.78 is 26.8. The molecule has 2 atom stereocenters. The first-order valence-electron chi connectivity index (χ1n) is 21.7.